The zero-order valence-electron chi connectivity index (χ0n) is 13.5. The van der Waals surface area contributed by atoms with E-state index in [-0.39, 0.29) is 24.5 Å². The molecule has 0 aliphatic carbocycles. The van der Waals surface area contributed by atoms with E-state index in [0.29, 0.717) is 11.8 Å². The van der Waals surface area contributed by atoms with Crippen molar-refractivity contribution in [1.82, 2.24) is 15.3 Å². The zero-order chi connectivity index (χ0) is 19.3. The van der Waals surface area contributed by atoms with Gasteiger partial charge in [0.1, 0.15) is 11.4 Å². The summed E-state index contributed by atoms with van der Waals surface area (Å²) in [5.74, 6) is -0.485. The van der Waals surface area contributed by atoms with Gasteiger partial charge in [0.2, 0.25) is 0 Å². The smallest absolute Gasteiger partial charge is 0.378 e. The number of aromatic nitrogens is 2. The van der Waals surface area contributed by atoms with Crippen molar-refractivity contribution < 1.29 is 22.9 Å². The van der Waals surface area contributed by atoms with Gasteiger partial charge in [0.05, 0.1) is 22.4 Å². The Kier molecular flexibility index (Phi) is 5.70. The van der Waals surface area contributed by atoms with Crippen LogP contribution in [0.15, 0.2) is 30.6 Å². The van der Waals surface area contributed by atoms with Crippen LogP contribution in [-0.2, 0) is 6.18 Å². The molecule has 0 atom stereocenters. The molecular formula is C15H14F3N5O3. The maximum atomic E-state index is 12.6. The number of benzene rings is 1. The monoisotopic (exact) mass is 369 g/mol. The Labute approximate surface area is 145 Å². The normalized spacial score (nSPS) is 11.1. The topological polar surface area (TPSA) is 110 Å². The Morgan fingerprint density at radius 2 is 1.96 bits per heavy atom. The molecule has 2 N–H and O–H groups in total. The zero-order valence-corrected chi connectivity index (χ0v) is 13.5. The van der Waals surface area contributed by atoms with E-state index in [9.17, 15) is 28.1 Å². The first-order chi connectivity index (χ1) is 12.2. The molecule has 1 aromatic carbocycles. The van der Waals surface area contributed by atoms with Gasteiger partial charge in [-0.3, -0.25) is 19.9 Å². The number of carbonyl (C=O) groups is 1. The first-order valence-electron chi connectivity index (χ1n) is 7.35. The number of alkyl halides is 3. The SMILES string of the molecule is Cc1cnc(C(=O)NCCNc2ccc(C(F)(F)F)cc2[N+](=O)[O-])cn1. The lowest BCUT2D eigenvalue weighted by molar-refractivity contribution is -0.384. The van der Waals surface area contributed by atoms with Gasteiger partial charge in [-0.25, -0.2) is 4.98 Å². The molecule has 0 radical (unpaired) electrons. The lowest BCUT2D eigenvalue weighted by Gasteiger charge is -2.11. The van der Waals surface area contributed by atoms with Gasteiger partial charge in [0, 0.05) is 25.4 Å². The molecule has 11 heteroatoms. The second-order valence-electron chi connectivity index (χ2n) is 5.21. The van der Waals surface area contributed by atoms with Crippen LogP contribution in [0.5, 0.6) is 0 Å². The summed E-state index contributed by atoms with van der Waals surface area (Å²) in [5, 5.41) is 16.1. The minimum Gasteiger partial charge on any atom is -0.378 e. The summed E-state index contributed by atoms with van der Waals surface area (Å²) in [4.78, 5) is 29.7. The van der Waals surface area contributed by atoms with E-state index in [0.717, 1.165) is 12.1 Å². The van der Waals surface area contributed by atoms with Gasteiger partial charge in [-0.1, -0.05) is 0 Å². The van der Waals surface area contributed by atoms with Gasteiger partial charge in [-0.2, -0.15) is 13.2 Å². The van der Waals surface area contributed by atoms with Gasteiger partial charge >= 0.3 is 6.18 Å². The summed E-state index contributed by atoms with van der Waals surface area (Å²) < 4.78 is 37.9. The minimum absolute atomic E-state index is 0.0667. The first-order valence-corrected chi connectivity index (χ1v) is 7.35. The van der Waals surface area contributed by atoms with Crippen molar-refractivity contribution in [3.63, 3.8) is 0 Å². The van der Waals surface area contributed by atoms with E-state index in [4.69, 9.17) is 0 Å². The number of anilines is 1. The van der Waals surface area contributed by atoms with Crippen molar-refractivity contribution in [3.05, 3.63) is 57.7 Å². The third-order valence-electron chi connectivity index (χ3n) is 3.26. The third kappa shape index (κ3) is 4.88. The second kappa shape index (κ2) is 7.76. The van der Waals surface area contributed by atoms with Gasteiger partial charge < -0.3 is 10.6 Å². The molecule has 2 aromatic rings. The Morgan fingerprint density at radius 1 is 1.23 bits per heavy atom. The third-order valence-corrected chi connectivity index (χ3v) is 3.26. The molecule has 0 aliphatic heterocycles. The van der Waals surface area contributed by atoms with Crippen LogP contribution in [0.2, 0.25) is 0 Å². The van der Waals surface area contributed by atoms with Crippen LogP contribution in [0.3, 0.4) is 0 Å². The maximum absolute atomic E-state index is 12.6. The summed E-state index contributed by atoms with van der Waals surface area (Å²) >= 11 is 0. The molecule has 0 bridgehead atoms. The molecule has 0 saturated carbocycles. The molecule has 0 saturated heterocycles. The number of nitrogens with zero attached hydrogens (tertiary/aromatic N) is 3. The largest absolute Gasteiger partial charge is 0.416 e. The maximum Gasteiger partial charge on any atom is 0.416 e. The average molecular weight is 369 g/mol. The number of nitro benzene ring substituents is 1. The summed E-state index contributed by atoms with van der Waals surface area (Å²) in [7, 11) is 0. The highest BCUT2D eigenvalue weighted by atomic mass is 19.4. The fourth-order valence-electron chi connectivity index (χ4n) is 1.98. The van der Waals surface area contributed by atoms with Crippen LogP contribution in [-0.4, -0.2) is 33.9 Å². The number of amides is 1. The van der Waals surface area contributed by atoms with Crippen molar-refractivity contribution >= 4 is 17.3 Å². The highest BCUT2D eigenvalue weighted by Gasteiger charge is 2.32. The summed E-state index contributed by atoms with van der Waals surface area (Å²) in [6.45, 7) is 1.86. The predicted octanol–water partition coefficient (Wildman–Crippen LogP) is 2.55. The van der Waals surface area contributed by atoms with Gasteiger partial charge in [0.25, 0.3) is 11.6 Å². The Balaban J connectivity index is 1.95. The molecule has 138 valence electrons. The molecule has 1 amide bonds. The molecule has 0 fully saturated rings. The first kappa shape index (κ1) is 19.1. The fourth-order valence-corrected chi connectivity index (χ4v) is 1.98. The highest BCUT2D eigenvalue weighted by molar-refractivity contribution is 5.91. The number of nitro groups is 1. The van der Waals surface area contributed by atoms with E-state index >= 15 is 0 Å². The highest BCUT2D eigenvalue weighted by Crippen LogP contribution is 2.34. The van der Waals surface area contributed by atoms with Crippen molar-refractivity contribution in [1.29, 1.82) is 0 Å². The molecule has 8 nitrogen and oxygen atoms in total. The quantitative estimate of drug-likeness (QED) is 0.460. The van der Waals surface area contributed by atoms with Gasteiger partial charge in [0.15, 0.2) is 0 Å². The summed E-state index contributed by atoms with van der Waals surface area (Å²) in [5.41, 5.74) is -1.13. The van der Waals surface area contributed by atoms with E-state index < -0.39 is 28.3 Å². The molecule has 1 heterocycles. The van der Waals surface area contributed by atoms with Crippen molar-refractivity contribution in [2.75, 3.05) is 18.4 Å². The fraction of sp³-hybridized carbons (Fsp3) is 0.267. The average Bonchev–Trinajstić information content (AvgIpc) is 2.58. The number of hydrogen-bond acceptors (Lipinski definition) is 6. The minimum atomic E-state index is -4.67. The van der Waals surface area contributed by atoms with E-state index in [1.807, 2.05) is 0 Å². The van der Waals surface area contributed by atoms with Crippen LogP contribution in [0, 0.1) is 17.0 Å². The number of rotatable bonds is 6. The molecule has 0 unspecified atom stereocenters. The Bertz CT molecular complexity index is 809. The lowest BCUT2D eigenvalue weighted by atomic mass is 10.1. The molecule has 26 heavy (non-hydrogen) atoms. The number of aryl methyl sites for hydroxylation is 1. The predicted molar refractivity (Wildman–Crippen MR) is 85.7 cm³/mol. The molecule has 2 rings (SSSR count). The van der Waals surface area contributed by atoms with Crippen LogP contribution in [0.1, 0.15) is 21.7 Å². The van der Waals surface area contributed by atoms with Crippen LogP contribution < -0.4 is 10.6 Å². The molecule has 0 spiro atoms. The number of halogens is 3. The van der Waals surface area contributed by atoms with Crippen molar-refractivity contribution in [3.8, 4) is 0 Å². The van der Waals surface area contributed by atoms with E-state index in [1.165, 1.54) is 12.4 Å². The number of carbonyl (C=O) groups excluding carboxylic acids is 1. The van der Waals surface area contributed by atoms with Gasteiger partial charge in [-0.15, -0.1) is 0 Å². The second-order valence-corrected chi connectivity index (χ2v) is 5.21. The standard InChI is InChI=1S/C15H14F3N5O3/c1-9-7-22-12(8-21-9)14(24)20-5-4-19-11-3-2-10(15(16,17)18)6-13(11)23(25)26/h2-3,6-8,19H,4-5H2,1H3,(H,20,24). The lowest BCUT2D eigenvalue weighted by Crippen LogP contribution is -2.29. The van der Waals surface area contributed by atoms with E-state index in [1.54, 1.807) is 6.92 Å². The Morgan fingerprint density at radius 3 is 2.54 bits per heavy atom. The molecule has 0 aliphatic rings. The van der Waals surface area contributed by atoms with Crippen molar-refractivity contribution in [2.24, 2.45) is 0 Å². The van der Waals surface area contributed by atoms with Crippen molar-refractivity contribution in [2.45, 2.75) is 13.1 Å². The summed E-state index contributed by atoms with van der Waals surface area (Å²) in [6, 6.07) is 2.19. The van der Waals surface area contributed by atoms with E-state index in [2.05, 4.69) is 20.6 Å². The number of hydrogen-bond donors (Lipinski definition) is 2. The van der Waals surface area contributed by atoms with Crippen LogP contribution in [0.25, 0.3) is 0 Å². The molecule has 1 aromatic heterocycles. The number of nitrogens with one attached hydrogen (secondary N) is 2. The van der Waals surface area contributed by atoms with Gasteiger partial charge in [-0.05, 0) is 19.1 Å². The van der Waals surface area contributed by atoms with Crippen LogP contribution >= 0.6 is 0 Å². The summed E-state index contributed by atoms with van der Waals surface area (Å²) in [6.07, 6.45) is -1.94. The Hall–Kier alpha value is -3.24. The molecular weight excluding hydrogens is 355 g/mol. The van der Waals surface area contributed by atoms with Crippen LogP contribution in [0.4, 0.5) is 24.5 Å².